The second-order valence-electron chi connectivity index (χ2n) is 8.37. The number of hydrogen-bond acceptors (Lipinski definition) is 3. The largest absolute Gasteiger partial charge is 0.357 e. The van der Waals surface area contributed by atoms with Crippen LogP contribution in [0.3, 0.4) is 0 Å². The summed E-state index contributed by atoms with van der Waals surface area (Å²) in [7, 11) is 0. The van der Waals surface area contributed by atoms with Crippen LogP contribution in [0.15, 0.2) is 47.7 Å². The molecule has 0 spiro atoms. The summed E-state index contributed by atoms with van der Waals surface area (Å²) < 4.78 is 2.17. The normalized spacial score (nSPS) is 15.5. The molecule has 1 aliphatic heterocycles. The van der Waals surface area contributed by atoms with Crippen LogP contribution in [0.5, 0.6) is 0 Å². The monoisotopic (exact) mass is 524 g/mol. The second-order valence-corrected chi connectivity index (χ2v) is 8.37. The van der Waals surface area contributed by atoms with E-state index in [0.29, 0.717) is 6.54 Å². The number of likely N-dealkylation sites (tertiary alicyclic amines) is 1. The molecule has 2 N–H and O–H groups in total. The number of halogens is 1. The van der Waals surface area contributed by atoms with Gasteiger partial charge in [0.15, 0.2) is 5.96 Å². The van der Waals surface area contributed by atoms with E-state index in [1.54, 1.807) is 0 Å². The Morgan fingerprint density at radius 2 is 1.83 bits per heavy atom. The smallest absolute Gasteiger partial charge is 0.191 e. The first-order valence-electron chi connectivity index (χ1n) is 10.9. The zero-order valence-electron chi connectivity index (χ0n) is 18.6. The fraction of sp³-hybridized carbons (Fsp3) is 0.565. The van der Waals surface area contributed by atoms with E-state index in [0.717, 1.165) is 31.4 Å². The Kier molecular flexibility index (Phi) is 10.1. The molecule has 0 aliphatic carbocycles. The lowest BCUT2D eigenvalue weighted by Crippen LogP contribution is -2.54. The maximum atomic E-state index is 4.80. The summed E-state index contributed by atoms with van der Waals surface area (Å²) in [4.78, 5) is 11.9. The Morgan fingerprint density at radius 1 is 1.10 bits per heavy atom. The Labute approximate surface area is 198 Å². The third-order valence-corrected chi connectivity index (χ3v) is 5.62. The fourth-order valence-corrected chi connectivity index (χ4v) is 3.82. The number of nitrogens with zero attached hydrogens (tertiary/aromatic N) is 4. The predicted molar refractivity (Wildman–Crippen MR) is 136 cm³/mol. The topological polar surface area (TPSA) is 57.5 Å². The fourth-order valence-electron chi connectivity index (χ4n) is 3.82. The second kappa shape index (κ2) is 12.3. The van der Waals surface area contributed by atoms with Gasteiger partial charge in [0.2, 0.25) is 0 Å². The van der Waals surface area contributed by atoms with Gasteiger partial charge in [0, 0.05) is 37.6 Å². The lowest BCUT2D eigenvalue weighted by molar-refractivity contribution is 0.0982. The van der Waals surface area contributed by atoms with Crippen molar-refractivity contribution in [2.24, 2.45) is 4.99 Å². The Bertz CT molecular complexity index is 765. The molecule has 166 valence electrons. The molecule has 0 bridgehead atoms. The molecule has 1 aliphatic rings. The molecule has 1 saturated heterocycles. The van der Waals surface area contributed by atoms with Gasteiger partial charge >= 0.3 is 0 Å². The average molecular weight is 524 g/mol. The predicted octanol–water partition coefficient (Wildman–Crippen LogP) is 3.87. The highest BCUT2D eigenvalue weighted by Crippen LogP contribution is 2.19. The highest BCUT2D eigenvalue weighted by atomic mass is 127. The van der Waals surface area contributed by atoms with Crippen LogP contribution in [0, 0.1) is 0 Å². The minimum absolute atomic E-state index is 0. The van der Waals surface area contributed by atoms with E-state index >= 15 is 0 Å². The van der Waals surface area contributed by atoms with Gasteiger partial charge in [-0.25, -0.2) is 9.98 Å². The summed E-state index contributed by atoms with van der Waals surface area (Å²) >= 11 is 0. The summed E-state index contributed by atoms with van der Waals surface area (Å²) in [6, 6.07) is 10.5. The van der Waals surface area contributed by atoms with Crippen LogP contribution in [0.2, 0.25) is 0 Å². The maximum absolute atomic E-state index is 4.80. The van der Waals surface area contributed by atoms with Gasteiger partial charge in [-0.05, 0) is 52.3 Å². The van der Waals surface area contributed by atoms with E-state index in [9.17, 15) is 0 Å². The van der Waals surface area contributed by atoms with Crippen molar-refractivity contribution in [1.29, 1.82) is 0 Å². The van der Waals surface area contributed by atoms with Crippen molar-refractivity contribution in [3.05, 3.63) is 54.1 Å². The zero-order valence-corrected chi connectivity index (χ0v) is 20.9. The number of aromatic nitrogens is 2. The summed E-state index contributed by atoms with van der Waals surface area (Å²) in [6.45, 7) is 12.2. The molecular formula is C23H37IN6. The molecule has 7 heteroatoms. The van der Waals surface area contributed by atoms with Crippen molar-refractivity contribution < 1.29 is 0 Å². The molecule has 0 saturated carbocycles. The molecular weight excluding hydrogens is 487 g/mol. The standard InChI is InChI=1S/C23H36N6.HI/c1-4-24-22(27-19-23(2,3)29-14-9-6-10-15-29)26-17-21-25-13-16-28(21)18-20-11-7-5-8-12-20;/h5,7-8,11-13,16H,4,6,9-10,14-15,17-19H2,1-3H3,(H2,24,26,27);1H. The molecule has 1 aromatic heterocycles. The highest BCUT2D eigenvalue weighted by Gasteiger charge is 2.27. The van der Waals surface area contributed by atoms with Crippen molar-refractivity contribution in [2.45, 2.75) is 58.7 Å². The van der Waals surface area contributed by atoms with E-state index in [4.69, 9.17) is 4.99 Å². The number of aliphatic imine (C=N–C) groups is 1. The number of piperidine rings is 1. The van der Waals surface area contributed by atoms with E-state index < -0.39 is 0 Å². The van der Waals surface area contributed by atoms with Crippen LogP contribution >= 0.6 is 24.0 Å². The van der Waals surface area contributed by atoms with Gasteiger partial charge in [0.1, 0.15) is 12.4 Å². The Hall–Kier alpha value is -1.61. The molecule has 0 amide bonds. The lowest BCUT2D eigenvalue weighted by atomic mass is 9.98. The molecule has 2 aromatic rings. The van der Waals surface area contributed by atoms with Gasteiger partial charge in [0.05, 0.1) is 0 Å². The number of rotatable bonds is 8. The van der Waals surface area contributed by atoms with Crippen LogP contribution < -0.4 is 10.6 Å². The molecule has 3 rings (SSSR count). The Morgan fingerprint density at radius 3 is 2.53 bits per heavy atom. The van der Waals surface area contributed by atoms with Gasteiger partial charge in [0.25, 0.3) is 0 Å². The van der Waals surface area contributed by atoms with Gasteiger partial charge in [-0.3, -0.25) is 4.90 Å². The van der Waals surface area contributed by atoms with Gasteiger partial charge in [-0.1, -0.05) is 36.8 Å². The SMILES string of the molecule is CCNC(=NCc1nccn1Cc1ccccc1)NCC(C)(C)N1CCCCC1.I. The minimum Gasteiger partial charge on any atom is -0.357 e. The van der Waals surface area contributed by atoms with E-state index in [2.05, 4.69) is 70.1 Å². The first-order valence-corrected chi connectivity index (χ1v) is 10.9. The van der Waals surface area contributed by atoms with Crippen molar-refractivity contribution in [3.63, 3.8) is 0 Å². The van der Waals surface area contributed by atoms with Gasteiger partial charge < -0.3 is 15.2 Å². The van der Waals surface area contributed by atoms with E-state index in [1.165, 1.54) is 37.9 Å². The summed E-state index contributed by atoms with van der Waals surface area (Å²) in [5.74, 6) is 1.83. The molecule has 30 heavy (non-hydrogen) atoms. The summed E-state index contributed by atoms with van der Waals surface area (Å²) in [5, 5.41) is 6.92. The van der Waals surface area contributed by atoms with Crippen LogP contribution in [0.4, 0.5) is 0 Å². The number of imidazole rings is 1. The van der Waals surface area contributed by atoms with Gasteiger partial charge in [-0.15, -0.1) is 24.0 Å². The maximum Gasteiger partial charge on any atom is 0.191 e. The minimum atomic E-state index is 0. The van der Waals surface area contributed by atoms with Crippen molar-refractivity contribution >= 4 is 29.9 Å². The van der Waals surface area contributed by atoms with Crippen molar-refractivity contribution in [2.75, 3.05) is 26.2 Å². The molecule has 1 fully saturated rings. The van der Waals surface area contributed by atoms with Crippen LogP contribution in [0.1, 0.15) is 51.4 Å². The molecule has 6 nitrogen and oxygen atoms in total. The number of guanidine groups is 1. The summed E-state index contributed by atoms with van der Waals surface area (Å²) in [5.41, 5.74) is 1.38. The van der Waals surface area contributed by atoms with Crippen LogP contribution in [-0.2, 0) is 13.1 Å². The van der Waals surface area contributed by atoms with E-state index in [-0.39, 0.29) is 29.5 Å². The quantitative estimate of drug-likeness (QED) is 0.313. The summed E-state index contributed by atoms with van der Waals surface area (Å²) in [6.07, 6.45) is 7.86. The third-order valence-electron chi connectivity index (χ3n) is 5.62. The van der Waals surface area contributed by atoms with Crippen molar-refractivity contribution in [1.82, 2.24) is 25.1 Å². The van der Waals surface area contributed by atoms with Crippen LogP contribution in [-0.4, -0.2) is 52.1 Å². The molecule has 0 radical (unpaired) electrons. The average Bonchev–Trinajstić information content (AvgIpc) is 3.18. The number of benzene rings is 1. The van der Waals surface area contributed by atoms with Crippen LogP contribution in [0.25, 0.3) is 0 Å². The zero-order chi connectivity index (χ0) is 20.5. The van der Waals surface area contributed by atoms with E-state index in [1.807, 2.05) is 18.5 Å². The molecule has 1 aromatic carbocycles. The lowest BCUT2D eigenvalue weighted by Gasteiger charge is -2.41. The number of hydrogen-bond donors (Lipinski definition) is 2. The number of nitrogens with one attached hydrogen (secondary N) is 2. The Balaban J connectivity index is 0.00000320. The molecule has 0 atom stereocenters. The van der Waals surface area contributed by atoms with Gasteiger partial charge in [-0.2, -0.15) is 0 Å². The first-order chi connectivity index (χ1) is 14.1. The first kappa shape index (κ1) is 24.7. The van der Waals surface area contributed by atoms with Crippen molar-refractivity contribution in [3.8, 4) is 0 Å². The highest BCUT2D eigenvalue weighted by molar-refractivity contribution is 14.0. The molecule has 2 heterocycles. The third kappa shape index (κ3) is 7.27. The molecule has 0 unspecified atom stereocenters.